The fourth-order valence-corrected chi connectivity index (χ4v) is 2.55. The second kappa shape index (κ2) is 7.95. The van der Waals surface area contributed by atoms with Crippen molar-refractivity contribution in [2.45, 2.75) is 39.1 Å². The molecule has 1 unspecified atom stereocenters. The van der Waals surface area contributed by atoms with Crippen molar-refractivity contribution in [1.29, 1.82) is 0 Å². The predicted molar refractivity (Wildman–Crippen MR) is 92.5 cm³/mol. The van der Waals surface area contributed by atoms with Crippen LogP contribution in [0.25, 0.3) is 11.3 Å². The number of aromatic nitrogens is 1. The minimum atomic E-state index is -4.42. The molecule has 0 aliphatic carbocycles. The molecule has 1 heterocycles. The molecule has 0 radical (unpaired) electrons. The van der Waals surface area contributed by atoms with Crippen LogP contribution >= 0.6 is 0 Å². The Hall–Kier alpha value is -2.28. The number of nitrogens with zero attached hydrogens (tertiary/aromatic N) is 2. The largest absolute Gasteiger partial charge is 0.416 e. The molecule has 1 N–H and O–H groups in total. The van der Waals surface area contributed by atoms with E-state index in [0.29, 0.717) is 11.3 Å². The van der Waals surface area contributed by atoms with Crippen molar-refractivity contribution in [1.82, 2.24) is 4.98 Å². The number of aliphatic hydroxyl groups excluding tert-OH is 1. The third-order valence-corrected chi connectivity index (χ3v) is 3.93. The van der Waals surface area contributed by atoms with Gasteiger partial charge in [-0.05, 0) is 37.1 Å². The fraction of sp³-hybridized carbons (Fsp3) is 0.368. The SMILES string of the molecule is CC(C)[C@@H](/N=C/c1nc(-c2ccc(C(F)(F)F)cc2)ccc1F)C(C)O. The van der Waals surface area contributed by atoms with E-state index in [1.807, 2.05) is 13.8 Å². The Labute approximate surface area is 149 Å². The van der Waals surface area contributed by atoms with E-state index in [0.717, 1.165) is 12.1 Å². The molecule has 2 aromatic rings. The number of alkyl halides is 3. The molecule has 7 heteroatoms. The van der Waals surface area contributed by atoms with Crippen LogP contribution in [0.2, 0.25) is 0 Å². The van der Waals surface area contributed by atoms with Gasteiger partial charge in [0.05, 0.1) is 29.6 Å². The molecule has 0 amide bonds. The van der Waals surface area contributed by atoms with E-state index in [2.05, 4.69) is 9.98 Å². The number of hydrogen-bond acceptors (Lipinski definition) is 3. The highest BCUT2D eigenvalue weighted by molar-refractivity contribution is 5.79. The van der Waals surface area contributed by atoms with E-state index in [-0.39, 0.29) is 11.6 Å². The third-order valence-electron chi connectivity index (χ3n) is 3.93. The topological polar surface area (TPSA) is 45.5 Å². The maximum atomic E-state index is 14.0. The predicted octanol–water partition coefficient (Wildman–Crippen LogP) is 4.73. The van der Waals surface area contributed by atoms with E-state index in [1.165, 1.54) is 30.5 Å². The first-order valence-electron chi connectivity index (χ1n) is 8.15. The number of aliphatic imine (C=N–C) groups is 1. The number of pyridine rings is 1. The zero-order valence-electron chi connectivity index (χ0n) is 14.6. The van der Waals surface area contributed by atoms with E-state index < -0.39 is 29.7 Å². The molecule has 26 heavy (non-hydrogen) atoms. The van der Waals surface area contributed by atoms with Crippen molar-refractivity contribution in [3.63, 3.8) is 0 Å². The van der Waals surface area contributed by atoms with Crippen molar-refractivity contribution >= 4 is 6.21 Å². The number of halogens is 4. The van der Waals surface area contributed by atoms with Crippen LogP contribution < -0.4 is 0 Å². The summed E-state index contributed by atoms with van der Waals surface area (Å²) in [5.74, 6) is -0.551. The molecule has 2 atom stereocenters. The lowest BCUT2D eigenvalue weighted by atomic mass is 10.0. The van der Waals surface area contributed by atoms with Gasteiger partial charge in [-0.2, -0.15) is 13.2 Å². The Morgan fingerprint density at radius 2 is 1.65 bits per heavy atom. The van der Waals surface area contributed by atoms with Crippen molar-refractivity contribution in [2.75, 3.05) is 0 Å². The van der Waals surface area contributed by atoms with Gasteiger partial charge in [-0.25, -0.2) is 9.37 Å². The summed E-state index contributed by atoms with van der Waals surface area (Å²) in [4.78, 5) is 8.35. The summed E-state index contributed by atoms with van der Waals surface area (Å²) in [5, 5.41) is 9.73. The van der Waals surface area contributed by atoms with Gasteiger partial charge in [0.25, 0.3) is 0 Å². The highest BCUT2D eigenvalue weighted by Crippen LogP contribution is 2.30. The molecule has 0 spiro atoms. The Balaban J connectivity index is 2.32. The van der Waals surface area contributed by atoms with Gasteiger partial charge in [0.2, 0.25) is 0 Å². The Bertz CT molecular complexity index is 760. The first-order valence-corrected chi connectivity index (χ1v) is 8.15. The van der Waals surface area contributed by atoms with Gasteiger partial charge in [-0.15, -0.1) is 0 Å². The maximum absolute atomic E-state index is 14.0. The molecule has 0 aliphatic heterocycles. The molecule has 0 saturated heterocycles. The Morgan fingerprint density at radius 3 is 2.15 bits per heavy atom. The van der Waals surface area contributed by atoms with E-state index in [1.54, 1.807) is 6.92 Å². The molecular formula is C19H20F4N2O. The number of benzene rings is 1. The third kappa shape index (κ3) is 4.88. The minimum Gasteiger partial charge on any atom is -0.391 e. The van der Waals surface area contributed by atoms with Gasteiger partial charge in [0, 0.05) is 5.56 Å². The lowest BCUT2D eigenvalue weighted by Gasteiger charge is -2.19. The molecular weight excluding hydrogens is 348 g/mol. The summed E-state index contributed by atoms with van der Waals surface area (Å²) in [7, 11) is 0. The van der Waals surface area contributed by atoms with Crippen LogP contribution in [0.3, 0.4) is 0 Å². The van der Waals surface area contributed by atoms with Crippen LogP contribution in [-0.2, 0) is 6.18 Å². The van der Waals surface area contributed by atoms with Gasteiger partial charge in [0.15, 0.2) is 0 Å². The van der Waals surface area contributed by atoms with Crippen LogP contribution in [-0.4, -0.2) is 28.5 Å². The summed E-state index contributed by atoms with van der Waals surface area (Å²) < 4.78 is 51.9. The Morgan fingerprint density at radius 1 is 1.04 bits per heavy atom. The lowest BCUT2D eigenvalue weighted by Crippen LogP contribution is -2.26. The molecule has 3 nitrogen and oxygen atoms in total. The van der Waals surface area contributed by atoms with Crippen molar-refractivity contribution in [3.05, 3.63) is 53.5 Å². The zero-order chi connectivity index (χ0) is 19.5. The molecule has 0 fully saturated rings. The fourth-order valence-electron chi connectivity index (χ4n) is 2.55. The average Bonchev–Trinajstić information content (AvgIpc) is 2.55. The second-order valence-corrected chi connectivity index (χ2v) is 6.39. The lowest BCUT2D eigenvalue weighted by molar-refractivity contribution is -0.137. The quantitative estimate of drug-likeness (QED) is 0.613. The van der Waals surface area contributed by atoms with Crippen molar-refractivity contribution in [3.8, 4) is 11.3 Å². The van der Waals surface area contributed by atoms with E-state index in [9.17, 15) is 22.7 Å². The number of hydrogen-bond donors (Lipinski definition) is 1. The summed E-state index contributed by atoms with van der Waals surface area (Å²) in [6, 6.07) is 6.66. The number of aliphatic hydroxyl groups is 1. The van der Waals surface area contributed by atoms with Crippen LogP contribution in [0.4, 0.5) is 17.6 Å². The van der Waals surface area contributed by atoms with E-state index >= 15 is 0 Å². The number of rotatable bonds is 5. The van der Waals surface area contributed by atoms with Crippen LogP contribution in [0.5, 0.6) is 0 Å². The molecule has 0 aliphatic rings. The molecule has 0 saturated carbocycles. The van der Waals surface area contributed by atoms with Gasteiger partial charge in [0.1, 0.15) is 11.5 Å². The summed E-state index contributed by atoms with van der Waals surface area (Å²) >= 11 is 0. The average molecular weight is 368 g/mol. The molecule has 2 rings (SSSR count). The van der Waals surface area contributed by atoms with Gasteiger partial charge >= 0.3 is 6.18 Å². The molecule has 140 valence electrons. The normalized spacial score (nSPS) is 14.8. The summed E-state index contributed by atoms with van der Waals surface area (Å²) in [6.07, 6.45) is -3.87. The molecule has 1 aromatic heterocycles. The maximum Gasteiger partial charge on any atom is 0.416 e. The van der Waals surface area contributed by atoms with Gasteiger partial charge in [-0.3, -0.25) is 4.99 Å². The first kappa shape index (κ1) is 20.0. The van der Waals surface area contributed by atoms with E-state index in [4.69, 9.17) is 0 Å². The van der Waals surface area contributed by atoms with Gasteiger partial charge in [-0.1, -0.05) is 26.0 Å². The monoisotopic (exact) mass is 368 g/mol. The van der Waals surface area contributed by atoms with Crippen molar-refractivity contribution < 1.29 is 22.7 Å². The smallest absolute Gasteiger partial charge is 0.391 e. The summed E-state index contributed by atoms with van der Waals surface area (Å²) in [6.45, 7) is 5.37. The zero-order valence-corrected chi connectivity index (χ0v) is 14.6. The van der Waals surface area contributed by atoms with Gasteiger partial charge < -0.3 is 5.11 Å². The highest BCUT2D eigenvalue weighted by atomic mass is 19.4. The van der Waals surface area contributed by atoms with Crippen LogP contribution in [0, 0.1) is 11.7 Å². The van der Waals surface area contributed by atoms with Crippen molar-refractivity contribution in [2.24, 2.45) is 10.9 Å². The molecule has 0 bridgehead atoms. The second-order valence-electron chi connectivity index (χ2n) is 6.39. The van der Waals surface area contributed by atoms with Crippen LogP contribution in [0.15, 0.2) is 41.4 Å². The highest BCUT2D eigenvalue weighted by Gasteiger charge is 2.30. The minimum absolute atomic E-state index is 0.0336. The standard InChI is InChI=1S/C19H20F4N2O/c1-11(2)18(12(3)26)24-10-17-15(20)8-9-16(25-17)13-4-6-14(7-5-13)19(21,22)23/h4-12,18,26H,1-3H3/b24-10+/t12?,18-/m1/s1. The molecule has 1 aromatic carbocycles. The Kier molecular flexibility index (Phi) is 6.13. The van der Waals surface area contributed by atoms with Crippen LogP contribution in [0.1, 0.15) is 32.0 Å². The first-order chi connectivity index (χ1) is 12.1. The summed E-state index contributed by atoms with van der Waals surface area (Å²) in [5.41, 5.74) is -0.0288.